The Hall–Kier alpha value is -0.610. The Labute approximate surface area is 98.2 Å². The van der Waals surface area contributed by atoms with Crippen LogP contribution >= 0.6 is 0 Å². The third-order valence-corrected chi connectivity index (χ3v) is 3.43. The molecule has 4 nitrogen and oxygen atoms in total. The van der Waals surface area contributed by atoms with E-state index in [-0.39, 0.29) is 18.6 Å². The fraction of sp³-hybridized carbons (Fsp3) is 0.917. The second-order valence-corrected chi connectivity index (χ2v) is 5.00. The molecule has 0 saturated carbocycles. The zero-order chi connectivity index (χ0) is 12.1. The van der Waals surface area contributed by atoms with Crippen LogP contribution < -0.4 is 0 Å². The average molecular weight is 228 g/mol. The number of carbonyl (C=O) groups is 1. The minimum atomic E-state index is 0.194. The predicted molar refractivity (Wildman–Crippen MR) is 64.2 cm³/mol. The third-order valence-electron chi connectivity index (χ3n) is 3.43. The summed E-state index contributed by atoms with van der Waals surface area (Å²) in [5.74, 6) is 0.766. The van der Waals surface area contributed by atoms with E-state index in [9.17, 15) is 4.79 Å². The molecule has 0 aromatic heterocycles. The number of hydrogen-bond donors (Lipinski definition) is 1. The largest absolute Gasteiger partial charge is 0.396 e. The zero-order valence-corrected chi connectivity index (χ0v) is 10.6. The summed E-state index contributed by atoms with van der Waals surface area (Å²) < 4.78 is 0. The molecule has 1 N–H and O–H groups in total. The Bertz CT molecular complexity index is 231. The van der Waals surface area contributed by atoms with Crippen LogP contribution in [0.15, 0.2) is 0 Å². The van der Waals surface area contributed by atoms with E-state index in [1.165, 1.54) is 0 Å². The van der Waals surface area contributed by atoms with Crippen molar-refractivity contribution >= 4 is 5.91 Å². The average Bonchev–Trinajstić information content (AvgIpc) is 2.65. The van der Waals surface area contributed by atoms with Crippen LogP contribution in [-0.4, -0.2) is 60.1 Å². The lowest BCUT2D eigenvalue weighted by Gasteiger charge is -2.24. The molecule has 1 heterocycles. The number of hydrogen-bond acceptors (Lipinski definition) is 3. The van der Waals surface area contributed by atoms with Crippen LogP contribution in [0.1, 0.15) is 26.7 Å². The van der Waals surface area contributed by atoms with Gasteiger partial charge in [0.15, 0.2) is 0 Å². The van der Waals surface area contributed by atoms with E-state index < -0.39 is 0 Å². The van der Waals surface area contributed by atoms with Gasteiger partial charge in [0, 0.05) is 26.2 Å². The molecule has 0 aromatic rings. The lowest BCUT2D eigenvalue weighted by atomic mass is 10.1. The topological polar surface area (TPSA) is 43.8 Å². The van der Waals surface area contributed by atoms with Crippen molar-refractivity contribution in [2.24, 2.45) is 5.92 Å². The van der Waals surface area contributed by atoms with Crippen molar-refractivity contribution in [1.82, 2.24) is 9.80 Å². The normalized spacial score (nSPS) is 21.7. The summed E-state index contributed by atoms with van der Waals surface area (Å²) >= 11 is 0. The number of likely N-dealkylation sites (N-methyl/N-ethyl adjacent to an activating group) is 1. The zero-order valence-electron chi connectivity index (χ0n) is 10.6. The summed E-state index contributed by atoms with van der Waals surface area (Å²) in [6.07, 6.45) is 1.98. The van der Waals surface area contributed by atoms with Gasteiger partial charge in [0.1, 0.15) is 0 Å². The van der Waals surface area contributed by atoms with Gasteiger partial charge in [0.25, 0.3) is 0 Å². The lowest BCUT2D eigenvalue weighted by Crippen LogP contribution is -2.40. The minimum Gasteiger partial charge on any atom is -0.396 e. The van der Waals surface area contributed by atoms with Crippen molar-refractivity contribution in [3.8, 4) is 0 Å². The number of rotatable bonds is 5. The van der Waals surface area contributed by atoms with Crippen molar-refractivity contribution in [3.05, 3.63) is 0 Å². The molecular formula is C12H24N2O2. The van der Waals surface area contributed by atoms with Crippen LogP contribution in [0.4, 0.5) is 0 Å². The van der Waals surface area contributed by atoms with Gasteiger partial charge < -0.3 is 10.0 Å². The van der Waals surface area contributed by atoms with Crippen molar-refractivity contribution in [2.75, 3.05) is 33.3 Å². The highest BCUT2D eigenvalue weighted by Gasteiger charge is 2.24. The number of aliphatic hydroxyl groups excluding tert-OH is 1. The van der Waals surface area contributed by atoms with Gasteiger partial charge in [-0.3, -0.25) is 9.69 Å². The number of nitrogens with zero attached hydrogens (tertiary/aromatic N) is 2. The summed E-state index contributed by atoms with van der Waals surface area (Å²) in [5, 5.41) is 8.86. The maximum Gasteiger partial charge on any atom is 0.236 e. The van der Waals surface area contributed by atoms with Gasteiger partial charge in [0.2, 0.25) is 5.91 Å². The van der Waals surface area contributed by atoms with Gasteiger partial charge in [-0.25, -0.2) is 0 Å². The molecular weight excluding hydrogens is 204 g/mol. The van der Waals surface area contributed by atoms with Gasteiger partial charge in [-0.05, 0) is 39.2 Å². The summed E-state index contributed by atoms with van der Waals surface area (Å²) in [4.78, 5) is 15.8. The highest BCUT2D eigenvalue weighted by molar-refractivity contribution is 5.78. The van der Waals surface area contributed by atoms with Crippen LogP contribution in [0.3, 0.4) is 0 Å². The fourth-order valence-electron chi connectivity index (χ4n) is 2.07. The van der Waals surface area contributed by atoms with E-state index in [2.05, 4.69) is 4.90 Å². The third kappa shape index (κ3) is 3.76. The second-order valence-electron chi connectivity index (χ2n) is 5.00. The molecule has 94 valence electrons. The number of likely N-dealkylation sites (tertiary alicyclic amines) is 1. The highest BCUT2D eigenvalue weighted by atomic mass is 16.3. The van der Waals surface area contributed by atoms with Crippen molar-refractivity contribution in [1.29, 1.82) is 0 Å². The van der Waals surface area contributed by atoms with E-state index >= 15 is 0 Å². The van der Waals surface area contributed by atoms with Gasteiger partial charge in [-0.1, -0.05) is 0 Å². The lowest BCUT2D eigenvalue weighted by molar-refractivity contribution is -0.132. The van der Waals surface area contributed by atoms with Crippen LogP contribution in [0.2, 0.25) is 0 Å². The molecule has 1 saturated heterocycles. The summed E-state index contributed by atoms with van der Waals surface area (Å²) in [5.41, 5.74) is 0. The Balaban J connectivity index is 2.31. The quantitative estimate of drug-likeness (QED) is 0.747. The molecule has 1 aliphatic rings. The molecule has 1 aliphatic heterocycles. The maximum absolute atomic E-state index is 11.8. The van der Waals surface area contributed by atoms with Gasteiger partial charge in [0.05, 0.1) is 6.54 Å². The van der Waals surface area contributed by atoms with Crippen molar-refractivity contribution in [2.45, 2.75) is 32.7 Å². The van der Waals surface area contributed by atoms with E-state index in [1.807, 2.05) is 20.9 Å². The number of amides is 1. The molecule has 0 aromatic carbocycles. The molecule has 1 amide bonds. The molecule has 16 heavy (non-hydrogen) atoms. The molecule has 0 radical (unpaired) electrons. The first kappa shape index (κ1) is 13.5. The van der Waals surface area contributed by atoms with E-state index in [0.29, 0.717) is 12.5 Å². The van der Waals surface area contributed by atoms with Crippen LogP contribution in [0, 0.1) is 5.92 Å². The standard InChI is InChI=1S/C12H24N2O2/c1-10(2)13(3)12(16)9-14-6-4-11(8-14)5-7-15/h10-11,15H,4-9H2,1-3H3. The number of aliphatic hydroxyl groups is 1. The fourth-order valence-corrected chi connectivity index (χ4v) is 2.07. The van der Waals surface area contributed by atoms with E-state index in [0.717, 1.165) is 25.9 Å². The molecule has 0 spiro atoms. The highest BCUT2D eigenvalue weighted by Crippen LogP contribution is 2.18. The minimum absolute atomic E-state index is 0.194. The first-order valence-corrected chi connectivity index (χ1v) is 6.13. The first-order valence-electron chi connectivity index (χ1n) is 6.13. The summed E-state index contributed by atoms with van der Waals surface area (Å²) in [7, 11) is 1.86. The van der Waals surface area contributed by atoms with Crippen molar-refractivity contribution < 1.29 is 9.90 Å². The van der Waals surface area contributed by atoms with E-state index in [1.54, 1.807) is 4.90 Å². The monoisotopic (exact) mass is 228 g/mol. The van der Waals surface area contributed by atoms with Crippen LogP contribution in [0.5, 0.6) is 0 Å². The van der Waals surface area contributed by atoms with Crippen LogP contribution in [-0.2, 0) is 4.79 Å². The molecule has 0 aliphatic carbocycles. The Morgan fingerprint density at radius 3 is 2.81 bits per heavy atom. The van der Waals surface area contributed by atoms with Crippen LogP contribution in [0.25, 0.3) is 0 Å². The van der Waals surface area contributed by atoms with Gasteiger partial charge in [-0.15, -0.1) is 0 Å². The molecule has 1 rings (SSSR count). The predicted octanol–water partition coefficient (Wildman–Crippen LogP) is 0.557. The maximum atomic E-state index is 11.8. The first-order chi connectivity index (χ1) is 7.54. The molecule has 1 atom stereocenters. The molecule has 0 bridgehead atoms. The van der Waals surface area contributed by atoms with Crippen molar-refractivity contribution in [3.63, 3.8) is 0 Å². The van der Waals surface area contributed by atoms with E-state index in [4.69, 9.17) is 5.11 Å². The smallest absolute Gasteiger partial charge is 0.236 e. The second kappa shape index (κ2) is 6.21. The Morgan fingerprint density at radius 1 is 1.56 bits per heavy atom. The Morgan fingerprint density at radius 2 is 2.25 bits per heavy atom. The number of carbonyl (C=O) groups excluding carboxylic acids is 1. The SMILES string of the molecule is CC(C)N(C)C(=O)CN1CCC(CCO)C1. The molecule has 4 heteroatoms. The van der Waals surface area contributed by atoms with Gasteiger partial charge >= 0.3 is 0 Å². The summed E-state index contributed by atoms with van der Waals surface area (Å²) in [6, 6.07) is 0.267. The van der Waals surface area contributed by atoms with Gasteiger partial charge in [-0.2, -0.15) is 0 Å². The Kier molecular flexibility index (Phi) is 5.22. The molecule has 1 unspecified atom stereocenters. The molecule has 1 fully saturated rings. The summed E-state index contributed by atoms with van der Waals surface area (Å²) in [6.45, 7) is 6.78.